The molecule has 0 bridgehead atoms. The highest BCUT2D eigenvalue weighted by Crippen LogP contribution is 2.45. The average molecular weight is 271 g/mol. The topological polar surface area (TPSA) is 29.5 Å². The van der Waals surface area contributed by atoms with Gasteiger partial charge < -0.3 is 9.84 Å². The molecule has 1 unspecified atom stereocenters. The van der Waals surface area contributed by atoms with Gasteiger partial charge in [-0.05, 0) is 18.1 Å². The third-order valence-electron chi connectivity index (χ3n) is 3.47. The van der Waals surface area contributed by atoms with Crippen LogP contribution in [0, 0.1) is 0 Å². The Morgan fingerprint density at radius 2 is 2.35 bits per heavy atom. The molecule has 0 amide bonds. The van der Waals surface area contributed by atoms with Crippen LogP contribution in [0.2, 0.25) is 5.02 Å². The standard InChI is InChI=1S/C13H15ClO2S/c1-7-4-11(15)12-9(6-17-7)13-8(2-3-16-13)5-10(12)14/h5,7,11,15H,2-4,6H2,1H3/t7?,11-/m0/s1. The summed E-state index contributed by atoms with van der Waals surface area (Å²) in [5.74, 6) is 1.86. The summed E-state index contributed by atoms with van der Waals surface area (Å²) < 4.78 is 5.71. The van der Waals surface area contributed by atoms with Crippen molar-refractivity contribution >= 4 is 23.4 Å². The van der Waals surface area contributed by atoms with E-state index in [1.807, 2.05) is 17.8 Å². The SMILES string of the molecule is CC1C[C@H](O)c2c(Cl)cc3c(c2CS1)OCC3. The Morgan fingerprint density at radius 3 is 3.18 bits per heavy atom. The lowest BCUT2D eigenvalue weighted by molar-refractivity contribution is 0.168. The van der Waals surface area contributed by atoms with Crippen LogP contribution in [0.3, 0.4) is 0 Å². The fraction of sp³-hybridized carbons (Fsp3) is 0.538. The van der Waals surface area contributed by atoms with Crippen molar-refractivity contribution in [3.05, 3.63) is 27.8 Å². The van der Waals surface area contributed by atoms with Gasteiger partial charge in [0.1, 0.15) is 5.75 Å². The Morgan fingerprint density at radius 1 is 1.53 bits per heavy atom. The van der Waals surface area contributed by atoms with Gasteiger partial charge in [-0.2, -0.15) is 11.8 Å². The summed E-state index contributed by atoms with van der Waals surface area (Å²) in [6.07, 6.45) is 1.23. The van der Waals surface area contributed by atoms with Crippen LogP contribution in [0.1, 0.15) is 36.1 Å². The van der Waals surface area contributed by atoms with E-state index in [-0.39, 0.29) is 0 Å². The molecular weight excluding hydrogens is 256 g/mol. The van der Waals surface area contributed by atoms with Crippen molar-refractivity contribution in [1.29, 1.82) is 0 Å². The van der Waals surface area contributed by atoms with Gasteiger partial charge in [0, 0.05) is 33.6 Å². The van der Waals surface area contributed by atoms with E-state index >= 15 is 0 Å². The van der Waals surface area contributed by atoms with E-state index in [1.54, 1.807) is 0 Å². The molecule has 1 aromatic carbocycles. The number of thioether (sulfide) groups is 1. The fourth-order valence-electron chi connectivity index (χ4n) is 2.61. The summed E-state index contributed by atoms with van der Waals surface area (Å²) in [7, 11) is 0. The lowest BCUT2D eigenvalue weighted by Gasteiger charge is -2.16. The molecule has 2 atom stereocenters. The molecule has 92 valence electrons. The third kappa shape index (κ3) is 1.94. The molecule has 2 nitrogen and oxygen atoms in total. The Labute approximate surface area is 110 Å². The zero-order chi connectivity index (χ0) is 12.0. The predicted octanol–water partition coefficient (Wildman–Crippen LogP) is 3.33. The average Bonchev–Trinajstić information content (AvgIpc) is 2.66. The number of hydrogen-bond acceptors (Lipinski definition) is 3. The minimum absolute atomic E-state index is 0.450. The number of aliphatic hydroxyl groups excluding tert-OH is 1. The zero-order valence-electron chi connectivity index (χ0n) is 9.70. The molecule has 0 fully saturated rings. The monoisotopic (exact) mass is 270 g/mol. The molecule has 0 spiro atoms. The lowest BCUT2D eigenvalue weighted by atomic mass is 9.96. The molecule has 0 radical (unpaired) electrons. The summed E-state index contributed by atoms with van der Waals surface area (Å²) >= 11 is 8.18. The van der Waals surface area contributed by atoms with Crippen molar-refractivity contribution in [2.24, 2.45) is 0 Å². The van der Waals surface area contributed by atoms with E-state index in [0.29, 0.717) is 10.3 Å². The van der Waals surface area contributed by atoms with Gasteiger partial charge in [-0.15, -0.1) is 0 Å². The summed E-state index contributed by atoms with van der Waals surface area (Å²) in [6, 6.07) is 1.96. The van der Waals surface area contributed by atoms with Crippen LogP contribution in [-0.2, 0) is 12.2 Å². The van der Waals surface area contributed by atoms with Gasteiger partial charge in [0.2, 0.25) is 0 Å². The van der Waals surface area contributed by atoms with Gasteiger partial charge in [0.15, 0.2) is 0 Å². The molecule has 3 rings (SSSR count). The normalized spacial score (nSPS) is 27.0. The van der Waals surface area contributed by atoms with Gasteiger partial charge in [-0.1, -0.05) is 18.5 Å². The Bertz CT molecular complexity index is 461. The van der Waals surface area contributed by atoms with Crippen molar-refractivity contribution < 1.29 is 9.84 Å². The second kappa shape index (κ2) is 4.38. The second-order valence-electron chi connectivity index (χ2n) is 4.71. The molecule has 2 heterocycles. The Hall–Kier alpha value is -0.380. The fourth-order valence-corrected chi connectivity index (χ4v) is 4.04. The summed E-state index contributed by atoms with van der Waals surface area (Å²) in [5.41, 5.74) is 3.20. The zero-order valence-corrected chi connectivity index (χ0v) is 11.3. The molecular formula is C13H15ClO2S. The number of aliphatic hydroxyl groups is 1. The first-order chi connectivity index (χ1) is 8.16. The molecule has 0 aromatic heterocycles. The molecule has 2 aliphatic rings. The van der Waals surface area contributed by atoms with Crippen molar-refractivity contribution in [3.63, 3.8) is 0 Å². The molecule has 0 saturated carbocycles. The van der Waals surface area contributed by atoms with Crippen LogP contribution in [0.15, 0.2) is 6.07 Å². The molecule has 1 aromatic rings. The highest BCUT2D eigenvalue weighted by molar-refractivity contribution is 7.99. The van der Waals surface area contributed by atoms with E-state index in [9.17, 15) is 5.11 Å². The summed E-state index contributed by atoms with van der Waals surface area (Å²) in [6.45, 7) is 2.88. The maximum Gasteiger partial charge on any atom is 0.127 e. The first-order valence-electron chi connectivity index (χ1n) is 5.93. The van der Waals surface area contributed by atoms with Crippen molar-refractivity contribution in [1.82, 2.24) is 0 Å². The quantitative estimate of drug-likeness (QED) is 0.784. The van der Waals surface area contributed by atoms with Gasteiger partial charge in [0.25, 0.3) is 0 Å². The summed E-state index contributed by atoms with van der Waals surface area (Å²) in [4.78, 5) is 0. The van der Waals surface area contributed by atoms with Crippen LogP contribution < -0.4 is 4.74 Å². The first-order valence-corrected chi connectivity index (χ1v) is 7.36. The third-order valence-corrected chi connectivity index (χ3v) is 5.00. The predicted molar refractivity (Wildman–Crippen MR) is 71.0 cm³/mol. The van der Waals surface area contributed by atoms with Gasteiger partial charge in [-0.3, -0.25) is 0 Å². The van der Waals surface area contributed by atoms with E-state index in [0.717, 1.165) is 42.1 Å². The van der Waals surface area contributed by atoms with E-state index in [2.05, 4.69) is 6.92 Å². The number of halogens is 1. The van der Waals surface area contributed by atoms with Crippen molar-refractivity contribution in [3.8, 4) is 5.75 Å². The molecule has 0 aliphatic carbocycles. The number of hydrogen-bond donors (Lipinski definition) is 1. The van der Waals surface area contributed by atoms with Gasteiger partial charge >= 0.3 is 0 Å². The first kappa shape index (κ1) is 11.7. The van der Waals surface area contributed by atoms with Crippen LogP contribution >= 0.6 is 23.4 Å². The maximum atomic E-state index is 10.3. The number of benzene rings is 1. The molecule has 4 heteroatoms. The Kier molecular flexibility index (Phi) is 3.01. The number of rotatable bonds is 0. The van der Waals surface area contributed by atoms with E-state index < -0.39 is 6.10 Å². The van der Waals surface area contributed by atoms with Crippen LogP contribution in [0.5, 0.6) is 5.75 Å². The van der Waals surface area contributed by atoms with Crippen LogP contribution in [-0.4, -0.2) is 17.0 Å². The minimum atomic E-state index is -0.461. The molecule has 2 aliphatic heterocycles. The second-order valence-corrected chi connectivity index (χ2v) is 6.54. The lowest BCUT2D eigenvalue weighted by Crippen LogP contribution is -2.05. The van der Waals surface area contributed by atoms with E-state index in [1.165, 1.54) is 5.56 Å². The van der Waals surface area contributed by atoms with Crippen molar-refractivity contribution in [2.75, 3.05) is 6.61 Å². The van der Waals surface area contributed by atoms with Crippen LogP contribution in [0.25, 0.3) is 0 Å². The molecule has 1 N–H and O–H groups in total. The van der Waals surface area contributed by atoms with Crippen molar-refractivity contribution in [2.45, 2.75) is 36.9 Å². The maximum absolute atomic E-state index is 10.3. The molecule has 0 saturated heterocycles. The molecule has 17 heavy (non-hydrogen) atoms. The number of ether oxygens (including phenoxy) is 1. The van der Waals surface area contributed by atoms with Gasteiger partial charge in [-0.25, -0.2) is 0 Å². The van der Waals surface area contributed by atoms with E-state index in [4.69, 9.17) is 16.3 Å². The highest BCUT2D eigenvalue weighted by Gasteiger charge is 2.29. The smallest absolute Gasteiger partial charge is 0.127 e. The van der Waals surface area contributed by atoms with Crippen LogP contribution in [0.4, 0.5) is 0 Å². The number of fused-ring (bicyclic) bond motifs is 3. The summed E-state index contributed by atoms with van der Waals surface area (Å²) in [5, 5.41) is 11.4. The largest absolute Gasteiger partial charge is 0.493 e. The minimum Gasteiger partial charge on any atom is -0.493 e. The Balaban J connectivity index is 2.16. The van der Waals surface area contributed by atoms with Gasteiger partial charge in [0.05, 0.1) is 12.7 Å². The highest BCUT2D eigenvalue weighted by atomic mass is 35.5.